The lowest BCUT2D eigenvalue weighted by Crippen LogP contribution is -2.40. The maximum Gasteiger partial charge on any atom is 0.433 e. The van der Waals surface area contributed by atoms with E-state index < -0.39 is 70.3 Å². The van der Waals surface area contributed by atoms with Gasteiger partial charge in [-0.15, -0.1) is 0 Å². The van der Waals surface area contributed by atoms with Crippen molar-refractivity contribution in [2.45, 2.75) is 31.7 Å². The molecule has 3 aromatic rings. The molecule has 0 saturated carbocycles. The third-order valence-electron chi connectivity index (χ3n) is 6.39. The number of carbonyl (C=O) groups is 1. The van der Waals surface area contributed by atoms with E-state index in [0.29, 0.717) is 47.7 Å². The van der Waals surface area contributed by atoms with Gasteiger partial charge in [-0.3, -0.25) is 9.59 Å². The molecule has 0 unspecified atom stereocenters. The zero-order chi connectivity index (χ0) is 29.4. The third kappa shape index (κ3) is 6.35. The highest BCUT2D eigenvalue weighted by molar-refractivity contribution is 6.43. The summed E-state index contributed by atoms with van der Waals surface area (Å²) in [6, 6.07) is 6.42. The minimum atomic E-state index is -5.19. The predicted molar refractivity (Wildman–Crippen MR) is 134 cm³/mol. The molecule has 2 aromatic carbocycles. The number of nitrogens with zero attached hydrogens (tertiary/aromatic N) is 2. The molecule has 2 heterocycles. The normalized spacial score (nSPS) is 14.9. The Labute approximate surface area is 232 Å². The fourth-order valence-corrected chi connectivity index (χ4v) is 4.81. The summed E-state index contributed by atoms with van der Waals surface area (Å²) < 4.78 is 95.7. The molecule has 40 heavy (non-hydrogen) atoms. The molecule has 0 aliphatic carbocycles. The van der Waals surface area contributed by atoms with Crippen molar-refractivity contribution in [1.29, 1.82) is 0 Å². The molecule has 6 nitrogen and oxygen atoms in total. The van der Waals surface area contributed by atoms with E-state index in [4.69, 9.17) is 23.2 Å². The van der Waals surface area contributed by atoms with Gasteiger partial charge in [0.05, 0.1) is 26.9 Å². The Hall–Kier alpha value is -3.32. The van der Waals surface area contributed by atoms with E-state index in [1.807, 2.05) is 4.90 Å². The summed E-state index contributed by atoms with van der Waals surface area (Å²) in [6.45, 7) is 0.344. The average Bonchev–Trinajstić information content (AvgIpc) is 2.88. The molecule has 1 amide bonds. The monoisotopic (exact) mass is 610 g/mol. The van der Waals surface area contributed by atoms with E-state index in [0.717, 1.165) is 6.07 Å². The number of aromatic nitrogens is 2. The molecule has 1 aliphatic rings. The maximum atomic E-state index is 15.4. The molecule has 214 valence electrons. The van der Waals surface area contributed by atoms with E-state index in [-0.39, 0.29) is 6.07 Å². The molecule has 0 atom stereocenters. The van der Waals surface area contributed by atoms with Crippen LogP contribution in [0.1, 0.15) is 29.7 Å². The van der Waals surface area contributed by atoms with E-state index >= 15 is 4.39 Å². The van der Waals surface area contributed by atoms with E-state index in [1.165, 1.54) is 0 Å². The SMILES string of the molecule is O=C(NCc1ccc(C(F)(F)F)c(-c2nc(C(F)(F)F)cc(=O)[nH]2)c1F)C1CCN(c2cccc(Cl)c2Cl)CC1. The number of rotatable bonds is 5. The molecule has 0 radical (unpaired) electrons. The number of benzene rings is 2. The minimum Gasteiger partial charge on any atom is -0.370 e. The van der Waals surface area contributed by atoms with Crippen LogP contribution >= 0.6 is 23.2 Å². The minimum absolute atomic E-state index is 0.0460. The number of amides is 1. The number of carbonyl (C=O) groups excluding carboxylic acids is 1. The zero-order valence-electron chi connectivity index (χ0n) is 20.2. The molecular formula is C25H19Cl2F7N4O2. The zero-order valence-corrected chi connectivity index (χ0v) is 21.7. The number of aromatic amines is 1. The second-order valence-corrected chi connectivity index (χ2v) is 9.77. The summed E-state index contributed by atoms with van der Waals surface area (Å²) >= 11 is 12.3. The fraction of sp³-hybridized carbons (Fsp3) is 0.320. The molecule has 0 spiro atoms. The van der Waals surface area contributed by atoms with Crippen LogP contribution in [0.5, 0.6) is 0 Å². The van der Waals surface area contributed by atoms with Crippen LogP contribution in [0.3, 0.4) is 0 Å². The topological polar surface area (TPSA) is 78.1 Å². The van der Waals surface area contributed by atoms with E-state index in [1.54, 1.807) is 23.2 Å². The number of anilines is 1. The van der Waals surface area contributed by atoms with Crippen molar-refractivity contribution in [3.8, 4) is 11.4 Å². The second-order valence-electron chi connectivity index (χ2n) is 8.99. The Morgan fingerprint density at radius 3 is 2.35 bits per heavy atom. The van der Waals surface area contributed by atoms with E-state index in [9.17, 15) is 35.9 Å². The van der Waals surface area contributed by atoms with Gasteiger partial charge in [0, 0.05) is 37.2 Å². The Kier molecular flexibility index (Phi) is 8.36. The van der Waals surface area contributed by atoms with Crippen LogP contribution < -0.4 is 15.8 Å². The number of halogens is 9. The Balaban J connectivity index is 1.54. The molecule has 1 aliphatic heterocycles. The summed E-state index contributed by atoms with van der Waals surface area (Å²) in [5.41, 5.74) is -5.96. The highest BCUT2D eigenvalue weighted by Crippen LogP contribution is 2.39. The number of hydrogen-bond acceptors (Lipinski definition) is 4. The van der Waals surface area contributed by atoms with Gasteiger partial charge in [-0.2, -0.15) is 26.3 Å². The first-order chi connectivity index (χ1) is 18.7. The third-order valence-corrected chi connectivity index (χ3v) is 7.20. The number of hydrogen-bond donors (Lipinski definition) is 2. The second kappa shape index (κ2) is 11.3. The van der Waals surface area contributed by atoms with Gasteiger partial charge in [0.1, 0.15) is 11.6 Å². The van der Waals surface area contributed by atoms with Gasteiger partial charge < -0.3 is 15.2 Å². The average molecular weight is 611 g/mol. The van der Waals surface area contributed by atoms with Crippen LogP contribution in [-0.2, 0) is 23.7 Å². The molecule has 1 fully saturated rings. The summed E-state index contributed by atoms with van der Waals surface area (Å²) in [4.78, 5) is 31.2. The molecule has 15 heteroatoms. The Bertz CT molecular complexity index is 1480. The maximum absolute atomic E-state index is 15.4. The van der Waals surface area contributed by atoms with Crippen molar-refractivity contribution in [1.82, 2.24) is 15.3 Å². The van der Waals surface area contributed by atoms with Crippen molar-refractivity contribution in [3.05, 3.63) is 79.4 Å². The number of alkyl halides is 6. The highest BCUT2D eigenvalue weighted by atomic mass is 35.5. The first-order valence-corrected chi connectivity index (χ1v) is 12.5. The molecule has 4 rings (SSSR count). The summed E-state index contributed by atoms with van der Waals surface area (Å²) in [5.74, 6) is -3.80. The van der Waals surface area contributed by atoms with Gasteiger partial charge in [-0.25, -0.2) is 9.37 Å². The van der Waals surface area contributed by atoms with Crippen molar-refractivity contribution in [2.24, 2.45) is 5.92 Å². The molecule has 1 saturated heterocycles. The number of H-pyrrole nitrogens is 1. The van der Waals surface area contributed by atoms with Crippen LogP contribution in [-0.4, -0.2) is 29.0 Å². The number of piperidine rings is 1. The Morgan fingerprint density at radius 2 is 1.73 bits per heavy atom. The van der Waals surface area contributed by atoms with Crippen LogP contribution in [0.2, 0.25) is 10.0 Å². The first-order valence-electron chi connectivity index (χ1n) is 11.7. The van der Waals surface area contributed by atoms with Gasteiger partial charge in [0.25, 0.3) is 5.56 Å². The quantitative estimate of drug-likeness (QED) is 0.325. The first kappa shape index (κ1) is 29.7. The van der Waals surface area contributed by atoms with E-state index in [2.05, 4.69) is 10.3 Å². The van der Waals surface area contributed by atoms with Crippen molar-refractivity contribution in [2.75, 3.05) is 18.0 Å². The van der Waals surface area contributed by atoms with Crippen LogP contribution in [0.25, 0.3) is 11.4 Å². The van der Waals surface area contributed by atoms with Gasteiger partial charge in [0.15, 0.2) is 5.69 Å². The van der Waals surface area contributed by atoms with Crippen molar-refractivity contribution >= 4 is 34.8 Å². The van der Waals surface area contributed by atoms with Gasteiger partial charge in [0.2, 0.25) is 5.91 Å². The lowest BCUT2D eigenvalue weighted by molar-refractivity contribution is -0.141. The largest absolute Gasteiger partial charge is 0.433 e. The lowest BCUT2D eigenvalue weighted by atomic mass is 9.95. The smallest absolute Gasteiger partial charge is 0.370 e. The number of nitrogens with one attached hydrogen (secondary N) is 2. The summed E-state index contributed by atoms with van der Waals surface area (Å²) in [5, 5.41) is 3.22. The van der Waals surface area contributed by atoms with Crippen LogP contribution in [0, 0.1) is 11.7 Å². The standard InChI is InChI=1S/C25H19Cl2F7N4O2/c26-15-2-1-3-16(20(15)27)38-8-6-12(7-9-38)23(40)35-11-13-4-5-14(24(29,30)31)19(21(13)28)22-36-17(25(32,33)34)10-18(39)37-22/h1-5,10,12H,6-9,11H2,(H,35,40)(H,36,37,39). The van der Waals surface area contributed by atoms with Gasteiger partial charge >= 0.3 is 12.4 Å². The van der Waals surface area contributed by atoms with Crippen LogP contribution in [0.15, 0.2) is 41.2 Å². The highest BCUT2D eigenvalue weighted by Gasteiger charge is 2.39. The summed E-state index contributed by atoms with van der Waals surface area (Å²) in [7, 11) is 0. The lowest BCUT2D eigenvalue weighted by Gasteiger charge is -2.33. The molecule has 1 aromatic heterocycles. The fourth-order valence-electron chi connectivity index (χ4n) is 4.39. The Morgan fingerprint density at radius 1 is 1.05 bits per heavy atom. The molecule has 0 bridgehead atoms. The van der Waals surface area contributed by atoms with Gasteiger partial charge in [-0.1, -0.05) is 35.3 Å². The van der Waals surface area contributed by atoms with Crippen molar-refractivity contribution in [3.63, 3.8) is 0 Å². The van der Waals surface area contributed by atoms with Crippen LogP contribution in [0.4, 0.5) is 36.4 Å². The molecule has 2 N–H and O–H groups in total. The predicted octanol–water partition coefficient (Wildman–Crippen LogP) is 6.45. The van der Waals surface area contributed by atoms with Gasteiger partial charge in [-0.05, 0) is 31.0 Å². The van der Waals surface area contributed by atoms with Crippen molar-refractivity contribution < 1.29 is 35.5 Å². The summed E-state index contributed by atoms with van der Waals surface area (Å²) in [6.07, 6.45) is -9.57. The molecular weight excluding hydrogens is 592 g/mol.